The zero-order valence-electron chi connectivity index (χ0n) is 18.9. The van der Waals surface area contributed by atoms with Crippen LogP contribution in [0.2, 0.25) is 0 Å². The Hall–Kier alpha value is -3.51. The van der Waals surface area contributed by atoms with Gasteiger partial charge in [-0.1, -0.05) is 12.1 Å². The molecule has 168 valence electrons. The van der Waals surface area contributed by atoms with Crippen molar-refractivity contribution in [3.8, 4) is 17.2 Å². The number of amidine groups is 1. The average Bonchev–Trinajstić information content (AvgIpc) is 2.82. The summed E-state index contributed by atoms with van der Waals surface area (Å²) in [6, 6.07) is 7.94. The highest BCUT2D eigenvalue weighted by molar-refractivity contribution is 5.90. The molecule has 1 fully saturated rings. The van der Waals surface area contributed by atoms with Crippen LogP contribution in [0.1, 0.15) is 18.4 Å². The molecule has 2 heterocycles. The fourth-order valence-corrected chi connectivity index (χ4v) is 4.00. The van der Waals surface area contributed by atoms with Gasteiger partial charge in [-0.3, -0.25) is 15.4 Å². The third-order valence-corrected chi connectivity index (χ3v) is 5.88. The molecule has 1 aliphatic rings. The van der Waals surface area contributed by atoms with Gasteiger partial charge in [0.15, 0.2) is 0 Å². The molecule has 0 aliphatic carbocycles. The smallest absolute Gasteiger partial charge is 0.347 e. The predicted molar refractivity (Wildman–Crippen MR) is 126 cm³/mol. The Morgan fingerprint density at radius 2 is 2.03 bits per heavy atom. The van der Waals surface area contributed by atoms with Crippen LogP contribution >= 0.6 is 0 Å². The lowest BCUT2D eigenvalue weighted by molar-refractivity contribution is 0.379. The molecule has 32 heavy (non-hydrogen) atoms. The summed E-state index contributed by atoms with van der Waals surface area (Å²) in [6.07, 6.45) is 6.11. The minimum absolute atomic E-state index is 0.0881. The summed E-state index contributed by atoms with van der Waals surface area (Å²) < 4.78 is 1.61. The molecule has 1 aliphatic heterocycles. The summed E-state index contributed by atoms with van der Waals surface area (Å²) in [5, 5.41) is 25.5. The van der Waals surface area contributed by atoms with E-state index in [0.29, 0.717) is 31.0 Å². The van der Waals surface area contributed by atoms with Crippen LogP contribution in [0, 0.1) is 28.1 Å². The van der Waals surface area contributed by atoms with Gasteiger partial charge in [0.05, 0.1) is 17.6 Å². The Morgan fingerprint density at radius 3 is 2.66 bits per heavy atom. The van der Waals surface area contributed by atoms with E-state index in [1.165, 1.54) is 4.90 Å². The number of rotatable bonds is 7. The minimum Gasteiger partial charge on any atom is -0.370 e. The van der Waals surface area contributed by atoms with Crippen molar-refractivity contribution in [1.82, 2.24) is 19.4 Å². The molecule has 1 saturated heterocycles. The van der Waals surface area contributed by atoms with E-state index in [0.717, 1.165) is 42.5 Å². The third-order valence-electron chi connectivity index (χ3n) is 5.88. The van der Waals surface area contributed by atoms with Crippen LogP contribution in [-0.4, -0.2) is 72.3 Å². The second-order valence-corrected chi connectivity index (χ2v) is 8.32. The van der Waals surface area contributed by atoms with E-state index in [2.05, 4.69) is 16.0 Å². The fraction of sp³-hybridized carbons (Fsp3) is 0.435. The molecule has 0 spiro atoms. The van der Waals surface area contributed by atoms with Crippen molar-refractivity contribution >= 4 is 17.9 Å². The summed E-state index contributed by atoms with van der Waals surface area (Å²) in [5.41, 5.74) is 2.82. The second kappa shape index (κ2) is 10.2. The van der Waals surface area contributed by atoms with Crippen molar-refractivity contribution in [3.63, 3.8) is 0 Å². The highest BCUT2D eigenvalue weighted by atomic mass is 16.1. The average molecular weight is 435 g/mol. The monoisotopic (exact) mass is 434 g/mol. The van der Waals surface area contributed by atoms with E-state index in [-0.39, 0.29) is 11.6 Å². The quantitative estimate of drug-likeness (QED) is 0.509. The van der Waals surface area contributed by atoms with E-state index in [4.69, 9.17) is 10.8 Å². The molecule has 2 N–H and O–H groups in total. The Kier molecular flexibility index (Phi) is 7.38. The Morgan fingerprint density at radius 1 is 1.31 bits per heavy atom. The van der Waals surface area contributed by atoms with Gasteiger partial charge in [-0.25, -0.2) is 9.78 Å². The SMILES string of the molecule is CN(C)CCn1cc(-c2cccc(C#N)c2N2CCC(C(=N)N(C)C=N)CC2)cnc1=O. The maximum Gasteiger partial charge on any atom is 0.347 e. The minimum atomic E-state index is -0.289. The normalized spacial score (nSPS) is 14.3. The molecule has 0 radical (unpaired) electrons. The van der Waals surface area contributed by atoms with E-state index in [1.54, 1.807) is 17.8 Å². The van der Waals surface area contributed by atoms with Crippen LogP contribution in [0.15, 0.2) is 35.4 Å². The van der Waals surface area contributed by atoms with Gasteiger partial charge in [-0.2, -0.15) is 5.26 Å². The Labute approximate surface area is 188 Å². The Bertz CT molecular complexity index is 1080. The number of para-hydroxylation sites is 1. The highest BCUT2D eigenvalue weighted by Gasteiger charge is 2.27. The summed E-state index contributed by atoms with van der Waals surface area (Å²) in [7, 11) is 5.64. The number of hydrogen-bond donors (Lipinski definition) is 2. The maximum absolute atomic E-state index is 12.2. The largest absolute Gasteiger partial charge is 0.370 e. The van der Waals surface area contributed by atoms with Gasteiger partial charge >= 0.3 is 5.69 Å². The van der Waals surface area contributed by atoms with Crippen molar-refractivity contribution in [3.05, 3.63) is 46.6 Å². The lowest BCUT2D eigenvalue weighted by Crippen LogP contribution is -2.41. The van der Waals surface area contributed by atoms with E-state index < -0.39 is 0 Å². The van der Waals surface area contributed by atoms with Gasteiger partial charge in [0.2, 0.25) is 0 Å². The standard InChI is InChI=1S/C23H30N8O/c1-28(2)11-12-31-15-19(14-27-23(31)32)20-6-4-5-18(13-24)21(20)30-9-7-17(8-10-30)22(26)29(3)16-25/h4-6,14-17,25-26H,7-12H2,1-3H3. The number of piperidine rings is 1. The van der Waals surface area contributed by atoms with Crippen LogP contribution in [-0.2, 0) is 6.54 Å². The summed E-state index contributed by atoms with van der Waals surface area (Å²) >= 11 is 0. The lowest BCUT2D eigenvalue weighted by atomic mass is 9.93. The molecule has 0 saturated carbocycles. The first-order chi connectivity index (χ1) is 15.3. The molecule has 9 heteroatoms. The van der Waals surface area contributed by atoms with E-state index in [9.17, 15) is 10.1 Å². The van der Waals surface area contributed by atoms with Gasteiger partial charge in [-0.05, 0) is 33.0 Å². The first kappa shape index (κ1) is 23.2. The predicted octanol–water partition coefficient (Wildman–Crippen LogP) is 2.08. The Balaban J connectivity index is 1.92. The molecule has 9 nitrogen and oxygen atoms in total. The number of hydrogen-bond acceptors (Lipinski definition) is 7. The topological polar surface area (TPSA) is 116 Å². The number of nitrogens with zero attached hydrogens (tertiary/aromatic N) is 6. The van der Waals surface area contributed by atoms with Crippen LogP contribution in [0.5, 0.6) is 0 Å². The first-order valence-electron chi connectivity index (χ1n) is 10.7. The van der Waals surface area contributed by atoms with Gasteiger partial charge < -0.3 is 14.7 Å². The van der Waals surface area contributed by atoms with E-state index in [1.807, 2.05) is 43.4 Å². The van der Waals surface area contributed by atoms with Crippen molar-refractivity contribution in [2.45, 2.75) is 19.4 Å². The van der Waals surface area contributed by atoms with Gasteiger partial charge in [0.25, 0.3) is 0 Å². The number of nitrogens with one attached hydrogen (secondary N) is 2. The molecular weight excluding hydrogens is 404 g/mol. The zero-order valence-corrected chi connectivity index (χ0v) is 18.9. The maximum atomic E-state index is 12.2. The molecular formula is C23H30N8O. The fourth-order valence-electron chi connectivity index (χ4n) is 4.00. The van der Waals surface area contributed by atoms with Crippen molar-refractivity contribution in [2.24, 2.45) is 5.92 Å². The molecule has 0 amide bonds. The third kappa shape index (κ3) is 5.03. The lowest BCUT2D eigenvalue weighted by Gasteiger charge is -2.36. The summed E-state index contributed by atoms with van der Waals surface area (Å²) in [6.45, 7) is 2.67. The molecule has 0 unspecified atom stereocenters. The summed E-state index contributed by atoms with van der Waals surface area (Å²) in [4.78, 5) is 22.1. The summed E-state index contributed by atoms with van der Waals surface area (Å²) in [5.74, 6) is 0.538. The van der Waals surface area contributed by atoms with Crippen LogP contribution in [0.25, 0.3) is 11.1 Å². The molecule has 0 atom stereocenters. The number of nitriles is 1. The van der Waals surface area contributed by atoms with Gasteiger partial charge in [-0.15, -0.1) is 0 Å². The van der Waals surface area contributed by atoms with Crippen molar-refractivity contribution < 1.29 is 0 Å². The van der Waals surface area contributed by atoms with E-state index >= 15 is 0 Å². The number of anilines is 1. The van der Waals surface area contributed by atoms with Gasteiger partial charge in [0.1, 0.15) is 11.9 Å². The molecule has 3 rings (SSSR count). The first-order valence-corrected chi connectivity index (χ1v) is 10.7. The van der Waals surface area contributed by atoms with Crippen molar-refractivity contribution in [2.75, 3.05) is 45.7 Å². The molecule has 0 bridgehead atoms. The van der Waals surface area contributed by atoms with Crippen LogP contribution < -0.4 is 10.6 Å². The van der Waals surface area contributed by atoms with Crippen LogP contribution in [0.3, 0.4) is 0 Å². The number of aromatic nitrogens is 2. The number of likely N-dealkylation sites (N-methyl/N-ethyl adjacent to an activating group) is 1. The zero-order chi connectivity index (χ0) is 23.3. The molecule has 1 aromatic heterocycles. The number of benzene rings is 1. The molecule has 2 aromatic rings. The molecule has 1 aromatic carbocycles. The highest BCUT2D eigenvalue weighted by Crippen LogP contribution is 2.36. The van der Waals surface area contributed by atoms with Gasteiger partial charge in [0, 0.05) is 62.7 Å². The van der Waals surface area contributed by atoms with Crippen molar-refractivity contribution in [1.29, 1.82) is 16.1 Å². The second-order valence-electron chi connectivity index (χ2n) is 8.32. The van der Waals surface area contributed by atoms with Crippen LogP contribution in [0.4, 0.5) is 5.69 Å².